The fraction of sp³-hybridized carbons (Fsp3) is 0.133. The topological polar surface area (TPSA) is 17.1 Å². The van der Waals surface area contributed by atoms with Crippen LogP contribution < -0.4 is 0 Å². The van der Waals surface area contributed by atoms with Crippen LogP contribution in [0.15, 0.2) is 40.9 Å². The van der Waals surface area contributed by atoms with Gasteiger partial charge in [0.2, 0.25) is 0 Å². The van der Waals surface area contributed by atoms with Crippen molar-refractivity contribution in [2.45, 2.75) is 13.8 Å². The van der Waals surface area contributed by atoms with Crippen molar-refractivity contribution < 1.29 is 4.79 Å². The Kier molecular flexibility index (Phi) is 4.22. The van der Waals surface area contributed by atoms with Gasteiger partial charge in [0.05, 0.1) is 0 Å². The van der Waals surface area contributed by atoms with E-state index >= 15 is 0 Å². The van der Waals surface area contributed by atoms with Crippen LogP contribution in [0.3, 0.4) is 0 Å². The van der Waals surface area contributed by atoms with E-state index in [1.165, 1.54) is 0 Å². The van der Waals surface area contributed by atoms with E-state index < -0.39 is 0 Å². The first kappa shape index (κ1) is 13.7. The van der Waals surface area contributed by atoms with Crippen LogP contribution in [-0.2, 0) is 0 Å². The van der Waals surface area contributed by atoms with Gasteiger partial charge in [0.25, 0.3) is 0 Å². The summed E-state index contributed by atoms with van der Waals surface area (Å²) in [6, 6.07) is 11.6. The van der Waals surface area contributed by atoms with Crippen molar-refractivity contribution in [3.8, 4) is 0 Å². The third-order valence-electron chi connectivity index (χ3n) is 3.02. The largest absolute Gasteiger partial charge is 0.289 e. The third-order valence-corrected chi connectivity index (χ3v) is 4.38. The van der Waals surface area contributed by atoms with Gasteiger partial charge in [-0.15, -0.1) is 0 Å². The molecule has 0 saturated heterocycles. The zero-order valence-electron chi connectivity index (χ0n) is 10.1. The van der Waals surface area contributed by atoms with Crippen LogP contribution >= 0.6 is 38.5 Å². The predicted molar refractivity (Wildman–Crippen MR) is 86.2 cm³/mol. The van der Waals surface area contributed by atoms with E-state index in [0.29, 0.717) is 0 Å². The average Bonchev–Trinajstić information content (AvgIpc) is 2.35. The van der Waals surface area contributed by atoms with E-state index in [0.717, 1.165) is 30.3 Å². The van der Waals surface area contributed by atoms with Crippen molar-refractivity contribution in [2.24, 2.45) is 0 Å². The molecule has 1 nitrogen and oxygen atoms in total. The molecule has 2 rings (SSSR count). The first-order chi connectivity index (χ1) is 8.50. The van der Waals surface area contributed by atoms with Gasteiger partial charge in [-0.1, -0.05) is 34.1 Å². The first-order valence-electron chi connectivity index (χ1n) is 5.56. The summed E-state index contributed by atoms with van der Waals surface area (Å²) in [5.74, 6) is 0.0709. The number of ketones is 1. The molecule has 0 spiro atoms. The minimum atomic E-state index is 0.0709. The van der Waals surface area contributed by atoms with Crippen LogP contribution in [0.1, 0.15) is 27.0 Å². The fourth-order valence-electron chi connectivity index (χ4n) is 1.81. The monoisotopic (exact) mass is 414 g/mol. The second-order valence-corrected chi connectivity index (χ2v) is 6.30. The van der Waals surface area contributed by atoms with E-state index in [1.54, 1.807) is 0 Å². The second-order valence-electron chi connectivity index (χ2n) is 4.20. The molecule has 0 unspecified atom stereocenters. The number of hydrogen-bond donors (Lipinski definition) is 0. The molecule has 0 aliphatic heterocycles. The molecule has 2 aromatic carbocycles. The van der Waals surface area contributed by atoms with Crippen molar-refractivity contribution in [1.82, 2.24) is 0 Å². The van der Waals surface area contributed by atoms with Gasteiger partial charge in [-0.25, -0.2) is 0 Å². The smallest absolute Gasteiger partial charge is 0.194 e. The molecule has 0 aromatic heterocycles. The van der Waals surface area contributed by atoms with Crippen LogP contribution in [0.4, 0.5) is 0 Å². The van der Waals surface area contributed by atoms with Gasteiger partial charge >= 0.3 is 0 Å². The summed E-state index contributed by atoms with van der Waals surface area (Å²) in [4.78, 5) is 12.6. The summed E-state index contributed by atoms with van der Waals surface area (Å²) >= 11 is 5.66. The van der Waals surface area contributed by atoms with Gasteiger partial charge < -0.3 is 0 Å². The van der Waals surface area contributed by atoms with E-state index in [9.17, 15) is 4.79 Å². The third kappa shape index (κ3) is 2.67. The standard InChI is InChI=1S/C15H12BrIO/c1-9-4-3-5-12(10(9)2)15(18)13-8-11(17)6-7-14(13)16/h3-8H,1-2H3. The maximum absolute atomic E-state index is 12.6. The average molecular weight is 415 g/mol. The maximum Gasteiger partial charge on any atom is 0.194 e. The molecule has 92 valence electrons. The lowest BCUT2D eigenvalue weighted by Crippen LogP contribution is -2.06. The van der Waals surface area contributed by atoms with Gasteiger partial charge in [-0.05, 0) is 65.8 Å². The molecular weight excluding hydrogens is 403 g/mol. The number of benzene rings is 2. The van der Waals surface area contributed by atoms with E-state index in [1.807, 2.05) is 50.2 Å². The molecule has 0 aliphatic carbocycles. The molecule has 0 amide bonds. The number of hydrogen-bond acceptors (Lipinski definition) is 1. The SMILES string of the molecule is Cc1cccc(C(=O)c2cc(I)ccc2Br)c1C. The van der Waals surface area contributed by atoms with Gasteiger partial charge in [0.15, 0.2) is 5.78 Å². The highest BCUT2D eigenvalue weighted by molar-refractivity contribution is 14.1. The Morgan fingerprint density at radius 2 is 1.83 bits per heavy atom. The highest BCUT2D eigenvalue weighted by atomic mass is 127. The number of rotatable bonds is 2. The Labute approximate surface area is 129 Å². The normalized spacial score (nSPS) is 10.4. The highest BCUT2D eigenvalue weighted by Crippen LogP contribution is 2.24. The lowest BCUT2D eigenvalue weighted by atomic mass is 9.96. The fourth-order valence-corrected chi connectivity index (χ4v) is 2.73. The Morgan fingerprint density at radius 3 is 2.56 bits per heavy atom. The van der Waals surface area contributed by atoms with Crippen molar-refractivity contribution in [1.29, 1.82) is 0 Å². The lowest BCUT2D eigenvalue weighted by Gasteiger charge is -2.09. The van der Waals surface area contributed by atoms with Gasteiger partial charge in [0.1, 0.15) is 0 Å². The van der Waals surface area contributed by atoms with Crippen molar-refractivity contribution in [2.75, 3.05) is 0 Å². The molecular formula is C15H12BrIO. The minimum absolute atomic E-state index is 0.0709. The Morgan fingerprint density at radius 1 is 1.11 bits per heavy atom. The second kappa shape index (κ2) is 5.53. The molecule has 2 aromatic rings. The number of carbonyl (C=O) groups excluding carboxylic acids is 1. The summed E-state index contributed by atoms with van der Waals surface area (Å²) in [6.45, 7) is 4.01. The summed E-state index contributed by atoms with van der Waals surface area (Å²) in [6.07, 6.45) is 0. The number of carbonyl (C=O) groups is 1. The Bertz CT molecular complexity index is 616. The summed E-state index contributed by atoms with van der Waals surface area (Å²) in [7, 11) is 0. The predicted octanol–water partition coefficient (Wildman–Crippen LogP) is 4.90. The molecule has 0 saturated carbocycles. The van der Waals surface area contributed by atoms with Crippen molar-refractivity contribution >= 4 is 44.3 Å². The number of aryl methyl sites for hydroxylation is 1. The van der Waals surface area contributed by atoms with Crippen LogP contribution in [-0.4, -0.2) is 5.78 Å². The zero-order chi connectivity index (χ0) is 13.3. The van der Waals surface area contributed by atoms with Gasteiger partial charge in [0, 0.05) is 19.2 Å². The quantitative estimate of drug-likeness (QED) is 0.504. The van der Waals surface area contributed by atoms with E-state index in [4.69, 9.17) is 0 Å². The lowest BCUT2D eigenvalue weighted by molar-refractivity contribution is 0.103. The van der Waals surface area contributed by atoms with Crippen LogP contribution in [0.5, 0.6) is 0 Å². The molecule has 0 bridgehead atoms. The Hall–Kier alpha value is -0.680. The van der Waals surface area contributed by atoms with Crippen molar-refractivity contribution in [3.05, 3.63) is 66.7 Å². The van der Waals surface area contributed by atoms with E-state index in [-0.39, 0.29) is 5.78 Å². The number of halogens is 2. The van der Waals surface area contributed by atoms with Crippen molar-refractivity contribution in [3.63, 3.8) is 0 Å². The maximum atomic E-state index is 12.6. The molecule has 18 heavy (non-hydrogen) atoms. The summed E-state index contributed by atoms with van der Waals surface area (Å²) in [5, 5.41) is 0. The van der Waals surface area contributed by atoms with Gasteiger partial charge in [-0.3, -0.25) is 4.79 Å². The van der Waals surface area contributed by atoms with Crippen LogP contribution in [0, 0.1) is 17.4 Å². The molecule has 0 fully saturated rings. The summed E-state index contributed by atoms with van der Waals surface area (Å²) < 4.78 is 1.90. The van der Waals surface area contributed by atoms with Crippen LogP contribution in [0.2, 0.25) is 0 Å². The molecule has 0 radical (unpaired) electrons. The van der Waals surface area contributed by atoms with Gasteiger partial charge in [-0.2, -0.15) is 0 Å². The van der Waals surface area contributed by atoms with E-state index in [2.05, 4.69) is 38.5 Å². The van der Waals surface area contributed by atoms with Crippen LogP contribution in [0.25, 0.3) is 0 Å². The molecule has 0 N–H and O–H groups in total. The molecule has 0 aliphatic rings. The first-order valence-corrected chi connectivity index (χ1v) is 7.44. The molecule has 0 atom stereocenters. The minimum Gasteiger partial charge on any atom is -0.289 e. The highest BCUT2D eigenvalue weighted by Gasteiger charge is 2.15. The molecule has 0 heterocycles. The zero-order valence-corrected chi connectivity index (χ0v) is 13.9. The Balaban J connectivity index is 2.55. The summed E-state index contributed by atoms with van der Waals surface area (Å²) in [5.41, 5.74) is 3.68. The molecule has 3 heteroatoms.